The van der Waals surface area contributed by atoms with Crippen LogP contribution in [0.25, 0.3) is 0 Å². The molecule has 1 unspecified atom stereocenters. The third-order valence-electron chi connectivity index (χ3n) is 7.35. The number of carbonyl (C=O) groups excluding carboxylic acids is 1. The number of aryl methyl sites for hydroxylation is 2. The van der Waals surface area contributed by atoms with Crippen LogP contribution in [0.5, 0.6) is 0 Å². The summed E-state index contributed by atoms with van der Waals surface area (Å²) in [5.41, 5.74) is 6.22. The van der Waals surface area contributed by atoms with Gasteiger partial charge in [-0.2, -0.15) is 0 Å². The average molecular weight is 505 g/mol. The van der Waals surface area contributed by atoms with Crippen molar-refractivity contribution in [2.45, 2.75) is 51.2 Å². The fraction of sp³-hybridized carbons (Fsp3) is 0.345. The molecule has 0 spiro atoms. The van der Waals surface area contributed by atoms with Gasteiger partial charge in [0.2, 0.25) is 0 Å². The molecule has 3 aromatic rings. The number of Topliss-reactive ketones (excluding diaryl/α,β-unsaturated/α-hetero) is 1. The Labute approximate surface area is 213 Å². The van der Waals surface area contributed by atoms with Crippen molar-refractivity contribution in [3.63, 3.8) is 0 Å². The van der Waals surface area contributed by atoms with Crippen LogP contribution < -0.4 is 10.0 Å². The summed E-state index contributed by atoms with van der Waals surface area (Å²) in [6, 6.07) is 18.6. The van der Waals surface area contributed by atoms with Crippen LogP contribution in [0.1, 0.15) is 65.0 Å². The minimum absolute atomic E-state index is 0.0372. The fourth-order valence-corrected chi connectivity index (χ4v) is 6.28. The number of ether oxygens (including phenoxy) is 1. The summed E-state index contributed by atoms with van der Waals surface area (Å²) in [5.74, 6) is 0.307. The molecular weight excluding hydrogens is 472 g/mol. The van der Waals surface area contributed by atoms with Crippen LogP contribution in [0, 0.1) is 25.7 Å². The second kappa shape index (κ2) is 9.37. The van der Waals surface area contributed by atoms with Gasteiger partial charge in [0.25, 0.3) is 10.0 Å². The van der Waals surface area contributed by atoms with Crippen LogP contribution in [-0.4, -0.2) is 20.8 Å². The second-order valence-electron chi connectivity index (χ2n) is 10.2. The molecule has 2 aliphatic rings. The van der Waals surface area contributed by atoms with Gasteiger partial charge in [-0.1, -0.05) is 44.2 Å². The Balaban J connectivity index is 1.41. The first-order chi connectivity index (χ1) is 17.1. The Bertz CT molecular complexity index is 1410. The topological polar surface area (TPSA) is 84.5 Å². The number of fused-ring (bicyclic) bond motifs is 3. The van der Waals surface area contributed by atoms with Gasteiger partial charge in [0, 0.05) is 40.9 Å². The molecule has 2 aliphatic heterocycles. The molecule has 0 saturated carbocycles. The van der Waals surface area contributed by atoms with Crippen molar-refractivity contribution in [1.29, 1.82) is 0 Å². The highest BCUT2D eigenvalue weighted by molar-refractivity contribution is 7.92. The number of nitrogens with one attached hydrogen (secondary N) is 2. The molecule has 0 aromatic heterocycles. The molecule has 188 valence electrons. The Morgan fingerprint density at radius 3 is 2.44 bits per heavy atom. The number of rotatable bonds is 6. The number of anilines is 2. The highest BCUT2D eigenvalue weighted by Gasteiger charge is 2.41. The monoisotopic (exact) mass is 504 g/mol. The van der Waals surface area contributed by atoms with Crippen molar-refractivity contribution in [3.05, 3.63) is 88.5 Å². The van der Waals surface area contributed by atoms with Gasteiger partial charge in [0.15, 0.2) is 5.78 Å². The molecule has 5 rings (SSSR count). The van der Waals surface area contributed by atoms with Gasteiger partial charge >= 0.3 is 0 Å². The lowest BCUT2D eigenvalue weighted by Gasteiger charge is -2.36. The van der Waals surface area contributed by atoms with E-state index in [1.807, 2.05) is 70.2 Å². The fourth-order valence-electron chi connectivity index (χ4n) is 5.15. The molecule has 2 N–H and O–H groups in total. The lowest BCUT2D eigenvalue weighted by molar-refractivity contribution is 0.0829. The number of hydrogen-bond donors (Lipinski definition) is 2. The van der Waals surface area contributed by atoms with Crippen molar-refractivity contribution in [3.8, 4) is 0 Å². The van der Waals surface area contributed by atoms with E-state index in [4.69, 9.17) is 4.74 Å². The number of carbonyl (C=O) groups is 1. The zero-order chi connectivity index (χ0) is 25.6. The molecule has 1 fully saturated rings. The van der Waals surface area contributed by atoms with E-state index in [0.29, 0.717) is 12.3 Å². The summed E-state index contributed by atoms with van der Waals surface area (Å²) in [4.78, 5) is 12.6. The van der Waals surface area contributed by atoms with Crippen molar-refractivity contribution < 1.29 is 17.9 Å². The smallest absolute Gasteiger partial charge is 0.261 e. The molecule has 6 nitrogen and oxygen atoms in total. The van der Waals surface area contributed by atoms with E-state index in [9.17, 15) is 13.2 Å². The molecule has 36 heavy (non-hydrogen) atoms. The summed E-state index contributed by atoms with van der Waals surface area (Å²) in [6.45, 7) is 8.33. The first-order valence-corrected chi connectivity index (χ1v) is 13.9. The van der Waals surface area contributed by atoms with Gasteiger partial charge in [0.1, 0.15) is 0 Å². The zero-order valence-corrected chi connectivity index (χ0v) is 21.9. The summed E-state index contributed by atoms with van der Waals surface area (Å²) in [5, 5.41) is 3.65. The largest absolute Gasteiger partial charge is 0.378 e. The summed E-state index contributed by atoms with van der Waals surface area (Å²) >= 11 is 0. The quantitative estimate of drug-likeness (QED) is 0.391. The molecule has 3 atom stereocenters. The van der Waals surface area contributed by atoms with Crippen molar-refractivity contribution >= 4 is 27.2 Å². The molecule has 0 bridgehead atoms. The van der Waals surface area contributed by atoms with E-state index in [0.717, 1.165) is 39.9 Å². The Morgan fingerprint density at radius 1 is 1.00 bits per heavy atom. The van der Waals surface area contributed by atoms with Gasteiger partial charge in [-0.25, -0.2) is 8.42 Å². The van der Waals surface area contributed by atoms with Crippen LogP contribution in [0.15, 0.2) is 65.6 Å². The standard InChI is InChI=1S/C29H32N2O4S/c1-17(2)28(32)21-8-6-20(7-9-21)27-24-13-14-35-29(24)25-16-22(10-12-26(25)30-27)31-36(33,34)23-11-5-18(3)19(4)15-23/h5-12,15-17,24,27,29-31H,13-14H2,1-4H3/t24-,27?,29-/m0/s1. The van der Waals surface area contributed by atoms with Crippen molar-refractivity contribution in [2.24, 2.45) is 11.8 Å². The van der Waals surface area contributed by atoms with Crippen LogP contribution in [-0.2, 0) is 14.8 Å². The van der Waals surface area contributed by atoms with Gasteiger partial charge in [-0.05, 0) is 67.3 Å². The lowest BCUT2D eigenvalue weighted by Crippen LogP contribution is -2.29. The average Bonchev–Trinajstić information content (AvgIpc) is 3.35. The summed E-state index contributed by atoms with van der Waals surface area (Å²) < 4.78 is 35.0. The van der Waals surface area contributed by atoms with E-state index in [2.05, 4.69) is 10.0 Å². The lowest BCUT2D eigenvalue weighted by atomic mass is 9.80. The molecule has 1 saturated heterocycles. The van der Waals surface area contributed by atoms with E-state index < -0.39 is 10.0 Å². The first kappa shape index (κ1) is 24.5. The van der Waals surface area contributed by atoms with Crippen molar-refractivity contribution in [1.82, 2.24) is 0 Å². The van der Waals surface area contributed by atoms with Gasteiger partial charge < -0.3 is 10.1 Å². The second-order valence-corrected chi connectivity index (χ2v) is 11.8. The maximum Gasteiger partial charge on any atom is 0.261 e. The number of benzene rings is 3. The summed E-state index contributed by atoms with van der Waals surface area (Å²) in [6.07, 6.45) is 0.766. The van der Waals surface area contributed by atoms with Crippen LogP contribution in [0.2, 0.25) is 0 Å². The predicted molar refractivity (Wildman–Crippen MR) is 142 cm³/mol. The molecule has 2 heterocycles. The van der Waals surface area contributed by atoms with Gasteiger partial charge in [0.05, 0.1) is 17.0 Å². The predicted octanol–water partition coefficient (Wildman–Crippen LogP) is 6.19. The Morgan fingerprint density at radius 2 is 1.75 bits per heavy atom. The Kier molecular flexibility index (Phi) is 6.39. The van der Waals surface area contributed by atoms with E-state index in [1.165, 1.54) is 0 Å². The zero-order valence-electron chi connectivity index (χ0n) is 21.0. The maximum atomic E-state index is 13.0. The van der Waals surface area contributed by atoms with Crippen LogP contribution in [0.3, 0.4) is 0 Å². The molecular formula is C29H32N2O4S. The maximum absolute atomic E-state index is 13.0. The molecule has 0 aliphatic carbocycles. The minimum atomic E-state index is -3.71. The highest BCUT2D eigenvalue weighted by Crippen LogP contribution is 2.50. The highest BCUT2D eigenvalue weighted by atomic mass is 32.2. The van der Waals surface area contributed by atoms with Gasteiger partial charge in [-0.3, -0.25) is 9.52 Å². The third kappa shape index (κ3) is 4.53. The van der Waals surface area contributed by atoms with Gasteiger partial charge in [-0.15, -0.1) is 0 Å². The SMILES string of the molecule is Cc1ccc(S(=O)(=O)Nc2ccc3c(c2)[C@H]2OCC[C@H]2C(c2ccc(C(=O)C(C)C)cc2)N3)cc1C. The molecule has 7 heteroatoms. The summed E-state index contributed by atoms with van der Waals surface area (Å²) in [7, 11) is -3.71. The van der Waals surface area contributed by atoms with Crippen LogP contribution >= 0.6 is 0 Å². The number of sulfonamides is 1. The third-order valence-corrected chi connectivity index (χ3v) is 8.73. The normalized spacial score (nSPS) is 21.0. The molecule has 0 radical (unpaired) electrons. The molecule has 0 amide bonds. The Hall–Kier alpha value is -3.16. The van der Waals surface area contributed by atoms with E-state index in [-0.39, 0.29) is 34.7 Å². The molecule has 3 aromatic carbocycles. The minimum Gasteiger partial charge on any atom is -0.378 e. The van der Waals surface area contributed by atoms with E-state index in [1.54, 1.807) is 18.2 Å². The van der Waals surface area contributed by atoms with Crippen molar-refractivity contribution in [2.75, 3.05) is 16.6 Å². The van der Waals surface area contributed by atoms with Crippen LogP contribution in [0.4, 0.5) is 11.4 Å². The first-order valence-electron chi connectivity index (χ1n) is 12.4. The van der Waals surface area contributed by atoms with E-state index >= 15 is 0 Å². The number of ketones is 1. The number of hydrogen-bond acceptors (Lipinski definition) is 5.